The number of aromatic nitrogens is 1. The number of nitrogens with zero attached hydrogens (tertiary/aromatic N) is 4. The minimum absolute atomic E-state index is 0.269. The SMILES string of the molecule is CN=C(NCc1cc(Br)c2c(c1)OCO2)N1CCN(Cc2ccon2)CC1. The zero-order chi connectivity index (χ0) is 18.6. The first-order valence-corrected chi connectivity index (χ1v) is 9.67. The molecule has 9 heteroatoms. The first-order chi connectivity index (χ1) is 13.2. The molecule has 0 amide bonds. The number of aliphatic imine (C=N–C) groups is 1. The number of piperazine rings is 1. The smallest absolute Gasteiger partial charge is 0.231 e. The molecule has 27 heavy (non-hydrogen) atoms. The highest BCUT2D eigenvalue weighted by Gasteiger charge is 2.21. The van der Waals surface area contributed by atoms with Crippen molar-refractivity contribution in [2.45, 2.75) is 13.1 Å². The predicted molar refractivity (Wildman–Crippen MR) is 104 cm³/mol. The van der Waals surface area contributed by atoms with Gasteiger partial charge in [0, 0.05) is 52.4 Å². The number of nitrogens with one attached hydrogen (secondary N) is 1. The average molecular weight is 436 g/mol. The van der Waals surface area contributed by atoms with Crippen molar-refractivity contribution in [2.24, 2.45) is 4.99 Å². The van der Waals surface area contributed by atoms with Gasteiger partial charge >= 0.3 is 0 Å². The Hall–Kier alpha value is -2.26. The molecule has 144 valence electrons. The van der Waals surface area contributed by atoms with Gasteiger partial charge in [0.15, 0.2) is 17.5 Å². The van der Waals surface area contributed by atoms with Crippen LogP contribution in [0.1, 0.15) is 11.3 Å². The first-order valence-electron chi connectivity index (χ1n) is 8.88. The molecule has 0 atom stereocenters. The van der Waals surface area contributed by atoms with Gasteiger partial charge in [-0.2, -0.15) is 0 Å². The molecule has 2 aromatic rings. The van der Waals surface area contributed by atoms with E-state index < -0.39 is 0 Å². The third-order valence-electron chi connectivity index (χ3n) is 4.70. The Labute approximate surface area is 166 Å². The van der Waals surface area contributed by atoms with Gasteiger partial charge in [-0.1, -0.05) is 5.16 Å². The van der Waals surface area contributed by atoms with Gasteiger partial charge < -0.3 is 24.2 Å². The van der Waals surface area contributed by atoms with Gasteiger partial charge in [-0.05, 0) is 33.6 Å². The van der Waals surface area contributed by atoms with Crippen LogP contribution in [0.2, 0.25) is 0 Å². The van der Waals surface area contributed by atoms with Crippen LogP contribution in [-0.2, 0) is 13.1 Å². The number of hydrogen-bond donors (Lipinski definition) is 1. The number of halogens is 1. The summed E-state index contributed by atoms with van der Waals surface area (Å²) in [5.74, 6) is 2.45. The number of hydrogen-bond acceptors (Lipinski definition) is 6. The van der Waals surface area contributed by atoms with Crippen LogP contribution in [0, 0.1) is 0 Å². The highest BCUT2D eigenvalue weighted by molar-refractivity contribution is 9.10. The van der Waals surface area contributed by atoms with Gasteiger partial charge in [0.2, 0.25) is 6.79 Å². The summed E-state index contributed by atoms with van der Waals surface area (Å²) in [6.45, 7) is 5.52. The molecule has 0 aliphatic carbocycles. The van der Waals surface area contributed by atoms with E-state index in [9.17, 15) is 0 Å². The van der Waals surface area contributed by atoms with Crippen LogP contribution in [0.5, 0.6) is 11.5 Å². The molecule has 0 bridgehead atoms. The monoisotopic (exact) mass is 435 g/mol. The van der Waals surface area contributed by atoms with Crippen LogP contribution in [0.25, 0.3) is 0 Å². The lowest BCUT2D eigenvalue weighted by atomic mass is 10.2. The van der Waals surface area contributed by atoms with Crippen molar-refractivity contribution < 1.29 is 14.0 Å². The lowest BCUT2D eigenvalue weighted by molar-refractivity contribution is 0.169. The Morgan fingerprint density at radius 2 is 2.11 bits per heavy atom. The molecule has 0 saturated carbocycles. The summed E-state index contributed by atoms with van der Waals surface area (Å²) in [6, 6.07) is 5.96. The largest absolute Gasteiger partial charge is 0.454 e. The van der Waals surface area contributed by atoms with Crippen molar-refractivity contribution >= 4 is 21.9 Å². The zero-order valence-corrected chi connectivity index (χ0v) is 16.7. The standard InChI is InChI=1S/C18H22BrN5O3/c1-20-18(21-10-13-8-15(19)17-16(9-13)25-12-26-17)24-5-3-23(4-6-24)11-14-2-7-27-22-14/h2,7-9H,3-6,10-12H2,1H3,(H,20,21). The quantitative estimate of drug-likeness (QED) is 0.581. The Kier molecular flexibility index (Phi) is 5.49. The van der Waals surface area contributed by atoms with Gasteiger partial charge in [0.1, 0.15) is 6.26 Å². The summed E-state index contributed by atoms with van der Waals surface area (Å²) >= 11 is 3.54. The number of ether oxygens (including phenoxy) is 2. The molecule has 1 saturated heterocycles. The lowest BCUT2D eigenvalue weighted by Gasteiger charge is -2.36. The highest BCUT2D eigenvalue weighted by Crippen LogP contribution is 2.39. The van der Waals surface area contributed by atoms with Crippen molar-refractivity contribution in [1.82, 2.24) is 20.3 Å². The Balaban J connectivity index is 1.31. The molecule has 1 aromatic heterocycles. The molecule has 0 unspecified atom stereocenters. The second-order valence-electron chi connectivity index (χ2n) is 6.47. The molecule has 3 heterocycles. The third kappa shape index (κ3) is 4.19. The number of benzene rings is 1. The Morgan fingerprint density at radius 1 is 1.26 bits per heavy atom. The minimum Gasteiger partial charge on any atom is -0.454 e. The van der Waals surface area contributed by atoms with Gasteiger partial charge in [0.25, 0.3) is 0 Å². The molecular weight excluding hydrogens is 414 g/mol. The Morgan fingerprint density at radius 3 is 2.85 bits per heavy atom. The molecule has 1 aromatic carbocycles. The topological polar surface area (TPSA) is 75.4 Å². The summed E-state index contributed by atoms with van der Waals surface area (Å²) in [7, 11) is 1.82. The number of rotatable bonds is 4. The molecule has 0 radical (unpaired) electrons. The minimum atomic E-state index is 0.269. The fraction of sp³-hybridized carbons (Fsp3) is 0.444. The van der Waals surface area contributed by atoms with Crippen LogP contribution in [0.4, 0.5) is 0 Å². The maximum Gasteiger partial charge on any atom is 0.231 e. The molecular formula is C18H22BrN5O3. The summed E-state index contributed by atoms with van der Waals surface area (Å²) in [6.07, 6.45) is 1.62. The average Bonchev–Trinajstić information content (AvgIpc) is 3.35. The summed E-state index contributed by atoms with van der Waals surface area (Å²) in [4.78, 5) is 9.09. The zero-order valence-electron chi connectivity index (χ0n) is 15.2. The summed E-state index contributed by atoms with van der Waals surface area (Å²) in [5.41, 5.74) is 2.08. The van der Waals surface area contributed by atoms with Gasteiger partial charge in [-0.3, -0.25) is 9.89 Å². The van der Waals surface area contributed by atoms with Crippen molar-refractivity contribution in [3.05, 3.63) is 40.2 Å². The molecule has 0 spiro atoms. The first kappa shape index (κ1) is 18.1. The summed E-state index contributed by atoms with van der Waals surface area (Å²) in [5, 5.41) is 7.43. The van der Waals surface area contributed by atoms with Crippen molar-refractivity contribution in [1.29, 1.82) is 0 Å². The van der Waals surface area contributed by atoms with E-state index in [2.05, 4.69) is 41.2 Å². The van der Waals surface area contributed by atoms with E-state index in [-0.39, 0.29) is 6.79 Å². The van der Waals surface area contributed by atoms with Crippen molar-refractivity contribution in [3.8, 4) is 11.5 Å². The van der Waals surface area contributed by atoms with E-state index in [1.807, 2.05) is 25.2 Å². The normalized spacial score (nSPS) is 17.4. The number of guanidine groups is 1. The van der Waals surface area contributed by atoms with Crippen molar-refractivity contribution in [2.75, 3.05) is 40.0 Å². The van der Waals surface area contributed by atoms with Crippen molar-refractivity contribution in [3.63, 3.8) is 0 Å². The van der Waals surface area contributed by atoms with E-state index in [0.717, 1.165) is 65.9 Å². The van der Waals surface area contributed by atoms with E-state index in [1.54, 1.807) is 6.26 Å². The second kappa shape index (κ2) is 8.18. The van der Waals surface area contributed by atoms with Gasteiger partial charge in [-0.25, -0.2) is 0 Å². The predicted octanol–water partition coefficient (Wildman–Crippen LogP) is 2.06. The molecule has 1 fully saturated rings. The van der Waals surface area contributed by atoms with E-state index >= 15 is 0 Å². The van der Waals surface area contributed by atoms with Crippen LogP contribution in [0.3, 0.4) is 0 Å². The summed E-state index contributed by atoms with van der Waals surface area (Å²) < 4.78 is 16.7. The van der Waals surface area contributed by atoms with Crippen LogP contribution in [0.15, 0.2) is 38.5 Å². The second-order valence-corrected chi connectivity index (χ2v) is 7.32. The van der Waals surface area contributed by atoms with Crippen LogP contribution >= 0.6 is 15.9 Å². The van der Waals surface area contributed by atoms with E-state index in [4.69, 9.17) is 14.0 Å². The van der Waals surface area contributed by atoms with Gasteiger partial charge in [0.05, 0.1) is 10.2 Å². The Bertz CT molecular complexity index is 804. The molecule has 4 rings (SSSR count). The van der Waals surface area contributed by atoms with Gasteiger partial charge in [-0.15, -0.1) is 0 Å². The molecule has 8 nitrogen and oxygen atoms in total. The maximum absolute atomic E-state index is 5.49. The number of fused-ring (bicyclic) bond motifs is 1. The fourth-order valence-electron chi connectivity index (χ4n) is 3.30. The molecule has 2 aliphatic heterocycles. The highest BCUT2D eigenvalue weighted by atomic mass is 79.9. The third-order valence-corrected chi connectivity index (χ3v) is 5.29. The van der Waals surface area contributed by atoms with E-state index in [0.29, 0.717) is 6.54 Å². The fourth-order valence-corrected chi connectivity index (χ4v) is 3.91. The van der Waals surface area contributed by atoms with E-state index in [1.165, 1.54) is 0 Å². The van der Waals surface area contributed by atoms with Crippen LogP contribution < -0.4 is 14.8 Å². The lowest BCUT2D eigenvalue weighted by Crippen LogP contribution is -2.52. The molecule has 1 N–H and O–H groups in total. The van der Waals surface area contributed by atoms with Crippen LogP contribution in [-0.4, -0.2) is 60.9 Å². The maximum atomic E-state index is 5.49. The molecule has 2 aliphatic rings.